The molecule has 1 aliphatic rings. The van der Waals surface area contributed by atoms with Crippen LogP contribution in [0.3, 0.4) is 0 Å². The predicted molar refractivity (Wildman–Crippen MR) is 68.1 cm³/mol. The van der Waals surface area contributed by atoms with E-state index in [4.69, 9.17) is 9.26 Å². The molecule has 0 saturated carbocycles. The van der Waals surface area contributed by atoms with Gasteiger partial charge in [0.05, 0.1) is 5.60 Å². The van der Waals surface area contributed by atoms with Gasteiger partial charge in [-0.2, -0.15) is 4.98 Å². The molecule has 2 rings (SSSR count). The van der Waals surface area contributed by atoms with Gasteiger partial charge in [0.15, 0.2) is 5.82 Å². The molecule has 1 saturated heterocycles. The maximum absolute atomic E-state index is 5.75. The molecule has 1 aromatic heterocycles. The van der Waals surface area contributed by atoms with E-state index < -0.39 is 0 Å². The van der Waals surface area contributed by atoms with Gasteiger partial charge in [-0.25, -0.2) is 0 Å². The number of aromatic nitrogens is 2. The van der Waals surface area contributed by atoms with E-state index in [0.717, 1.165) is 31.8 Å². The van der Waals surface area contributed by atoms with Crippen LogP contribution in [0.1, 0.15) is 45.8 Å². The molecular weight excluding hydrogens is 230 g/mol. The van der Waals surface area contributed by atoms with Gasteiger partial charge >= 0.3 is 0 Å². The molecule has 1 N–H and O–H groups in total. The maximum Gasteiger partial charge on any atom is 0.252 e. The topological polar surface area (TPSA) is 60.2 Å². The van der Waals surface area contributed by atoms with Crippen molar-refractivity contribution in [2.75, 3.05) is 13.1 Å². The van der Waals surface area contributed by atoms with Gasteiger partial charge in [-0.05, 0) is 18.8 Å². The standard InChI is InChI=1S/C13H23N3O2/c1-12(2,3)6-5-10-15-11(18-16-10)7-17-13(4)8-14-9-13/h14H,5-9H2,1-4H3. The highest BCUT2D eigenvalue weighted by molar-refractivity contribution is 4.92. The average Bonchev–Trinajstić information content (AvgIpc) is 2.68. The lowest BCUT2D eigenvalue weighted by molar-refractivity contribution is -0.0841. The van der Waals surface area contributed by atoms with Crippen molar-refractivity contribution in [1.82, 2.24) is 15.5 Å². The van der Waals surface area contributed by atoms with Crippen LogP contribution in [0.2, 0.25) is 0 Å². The Morgan fingerprint density at radius 2 is 2.11 bits per heavy atom. The summed E-state index contributed by atoms with van der Waals surface area (Å²) in [5.74, 6) is 1.35. The van der Waals surface area contributed by atoms with Gasteiger partial charge in [-0.1, -0.05) is 25.9 Å². The highest BCUT2D eigenvalue weighted by Gasteiger charge is 2.33. The summed E-state index contributed by atoms with van der Waals surface area (Å²) < 4.78 is 10.9. The van der Waals surface area contributed by atoms with Gasteiger partial charge in [-0.15, -0.1) is 0 Å². The van der Waals surface area contributed by atoms with E-state index in [1.807, 2.05) is 0 Å². The fourth-order valence-electron chi connectivity index (χ4n) is 1.75. The number of hydrogen-bond donors (Lipinski definition) is 1. The van der Waals surface area contributed by atoms with Crippen molar-refractivity contribution >= 4 is 0 Å². The van der Waals surface area contributed by atoms with E-state index in [9.17, 15) is 0 Å². The number of rotatable bonds is 5. The quantitative estimate of drug-likeness (QED) is 0.868. The lowest BCUT2D eigenvalue weighted by Gasteiger charge is -2.38. The van der Waals surface area contributed by atoms with Gasteiger partial charge < -0.3 is 14.6 Å². The molecule has 1 aliphatic heterocycles. The lowest BCUT2D eigenvalue weighted by atomic mass is 9.90. The summed E-state index contributed by atoms with van der Waals surface area (Å²) in [5.41, 5.74) is 0.225. The summed E-state index contributed by atoms with van der Waals surface area (Å²) in [6.45, 7) is 10.9. The van der Waals surface area contributed by atoms with Crippen molar-refractivity contribution in [3.8, 4) is 0 Å². The summed E-state index contributed by atoms with van der Waals surface area (Å²) in [4.78, 5) is 4.35. The minimum Gasteiger partial charge on any atom is -0.363 e. The monoisotopic (exact) mass is 253 g/mol. The van der Waals surface area contributed by atoms with Crippen LogP contribution in [0, 0.1) is 5.41 Å². The zero-order chi connectivity index (χ0) is 13.2. The second-order valence-electron chi connectivity index (χ2n) is 6.51. The molecule has 1 fully saturated rings. The van der Waals surface area contributed by atoms with Gasteiger partial charge in [0, 0.05) is 19.5 Å². The SMILES string of the molecule is CC(C)(C)CCc1noc(COC2(C)CNC2)n1. The van der Waals surface area contributed by atoms with Crippen molar-refractivity contribution < 1.29 is 9.26 Å². The first kappa shape index (κ1) is 13.5. The number of aryl methyl sites for hydroxylation is 1. The molecule has 18 heavy (non-hydrogen) atoms. The third kappa shape index (κ3) is 3.78. The molecule has 0 amide bonds. The fourth-order valence-corrected chi connectivity index (χ4v) is 1.75. The Morgan fingerprint density at radius 3 is 2.67 bits per heavy atom. The van der Waals surface area contributed by atoms with Gasteiger partial charge in [0.2, 0.25) is 0 Å². The normalized spacial score (nSPS) is 18.7. The number of nitrogens with zero attached hydrogens (tertiary/aromatic N) is 2. The second-order valence-corrected chi connectivity index (χ2v) is 6.51. The molecule has 0 bridgehead atoms. The highest BCUT2D eigenvalue weighted by Crippen LogP contribution is 2.21. The molecule has 2 heterocycles. The minimum atomic E-state index is -0.0694. The third-order valence-corrected chi connectivity index (χ3v) is 3.15. The smallest absolute Gasteiger partial charge is 0.252 e. The Hall–Kier alpha value is -0.940. The third-order valence-electron chi connectivity index (χ3n) is 3.15. The first-order valence-corrected chi connectivity index (χ1v) is 6.53. The summed E-state index contributed by atoms with van der Waals surface area (Å²) in [6.07, 6.45) is 1.90. The summed E-state index contributed by atoms with van der Waals surface area (Å²) in [6, 6.07) is 0. The zero-order valence-electron chi connectivity index (χ0n) is 11.7. The van der Waals surface area contributed by atoms with Gasteiger partial charge in [0.25, 0.3) is 5.89 Å². The molecule has 5 heteroatoms. The van der Waals surface area contributed by atoms with Crippen LogP contribution >= 0.6 is 0 Å². The molecule has 102 valence electrons. The molecule has 1 aromatic rings. The van der Waals surface area contributed by atoms with Crippen LogP contribution in [-0.4, -0.2) is 28.8 Å². The van der Waals surface area contributed by atoms with Crippen LogP contribution in [0.4, 0.5) is 0 Å². The summed E-state index contributed by atoms with van der Waals surface area (Å²) >= 11 is 0. The second kappa shape index (κ2) is 4.97. The van der Waals surface area contributed by atoms with Crippen molar-refractivity contribution in [2.24, 2.45) is 5.41 Å². The van der Waals surface area contributed by atoms with Crippen molar-refractivity contribution in [3.63, 3.8) is 0 Å². The van der Waals surface area contributed by atoms with Gasteiger partial charge in [-0.3, -0.25) is 0 Å². The van der Waals surface area contributed by atoms with Crippen molar-refractivity contribution in [1.29, 1.82) is 0 Å². The Balaban J connectivity index is 1.79. The van der Waals surface area contributed by atoms with E-state index >= 15 is 0 Å². The molecule has 0 spiro atoms. The Morgan fingerprint density at radius 1 is 1.39 bits per heavy atom. The van der Waals surface area contributed by atoms with Crippen molar-refractivity contribution in [2.45, 2.75) is 52.7 Å². The highest BCUT2D eigenvalue weighted by atomic mass is 16.5. The summed E-state index contributed by atoms with van der Waals surface area (Å²) in [5, 5.41) is 7.17. The number of ether oxygens (including phenoxy) is 1. The van der Waals surface area contributed by atoms with Crippen LogP contribution < -0.4 is 5.32 Å². The minimum absolute atomic E-state index is 0.0694. The van der Waals surface area contributed by atoms with Gasteiger partial charge in [0.1, 0.15) is 6.61 Å². The van der Waals surface area contributed by atoms with E-state index in [2.05, 4.69) is 43.2 Å². The first-order valence-electron chi connectivity index (χ1n) is 6.53. The van der Waals surface area contributed by atoms with Crippen LogP contribution in [-0.2, 0) is 17.8 Å². The van der Waals surface area contributed by atoms with E-state index in [-0.39, 0.29) is 5.60 Å². The number of nitrogens with one attached hydrogen (secondary N) is 1. The van der Waals surface area contributed by atoms with E-state index in [1.165, 1.54) is 0 Å². The largest absolute Gasteiger partial charge is 0.363 e. The molecule has 5 nitrogen and oxygen atoms in total. The molecular formula is C13H23N3O2. The molecule has 0 aromatic carbocycles. The molecule has 0 radical (unpaired) electrons. The van der Waals surface area contributed by atoms with Crippen LogP contribution in [0.5, 0.6) is 0 Å². The van der Waals surface area contributed by atoms with E-state index in [1.54, 1.807) is 0 Å². The average molecular weight is 253 g/mol. The molecule has 0 aliphatic carbocycles. The first-order chi connectivity index (χ1) is 8.36. The Kier molecular flexibility index (Phi) is 3.73. The fraction of sp³-hybridized carbons (Fsp3) is 0.846. The number of hydrogen-bond acceptors (Lipinski definition) is 5. The van der Waals surface area contributed by atoms with Crippen LogP contribution in [0.25, 0.3) is 0 Å². The predicted octanol–water partition coefficient (Wildman–Crippen LogP) is 1.93. The molecule has 0 unspecified atom stereocenters. The summed E-state index contributed by atoms with van der Waals surface area (Å²) in [7, 11) is 0. The molecule has 0 atom stereocenters. The van der Waals surface area contributed by atoms with Crippen LogP contribution in [0.15, 0.2) is 4.52 Å². The van der Waals surface area contributed by atoms with Crippen molar-refractivity contribution in [3.05, 3.63) is 11.7 Å². The Bertz CT molecular complexity index is 391. The zero-order valence-corrected chi connectivity index (χ0v) is 11.7. The van der Waals surface area contributed by atoms with E-state index in [0.29, 0.717) is 17.9 Å². The maximum atomic E-state index is 5.75. The Labute approximate surface area is 108 Å². The lowest BCUT2D eigenvalue weighted by Crippen LogP contribution is -2.58.